The first-order valence-corrected chi connectivity index (χ1v) is 6.18. The van der Waals surface area contributed by atoms with Gasteiger partial charge in [-0.1, -0.05) is 25.7 Å². The van der Waals surface area contributed by atoms with Gasteiger partial charge in [-0.05, 0) is 37.5 Å². The minimum absolute atomic E-state index is 0. The fourth-order valence-electron chi connectivity index (χ4n) is 3.91. The molecule has 3 rings (SSSR count). The van der Waals surface area contributed by atoms with Crippen LogP contribution in [0.4, 0.5) is 0 Å². The van der Waals surface area contributed by atoms with Crippen LogP contribution in [0, 0.1) is 11.8 Å². The Hall–Kier alpha value is 0.250. The molecule has 0 aromatic rings. The molecular formula is C12H22ClN. The van der Waals surface area contributed by atoms with Crippen molar-refractivity contribution in [2.24, 2.45) is 11.8 Å². The summed E-state index contributed by atoms with van der Waals surface area (Å²) in [5.41, 5.74) is 0. The van der Waals surface area contributed by atoms with E-state index in [-0.39, 0.29) is 12.4 Å². The zero-order valence-corrected chi connectivity index (χ0v) is 9.69. The van der Waals surface area contributed by atoms with Crippen LogP contribution in [0.25, 0.3) is 0 Å². The second-order valence-electron chi connectivity index (χ2n) is 5.41. The SMILES string of the molecule is C1CCC(C2CC3CCC(C2)N3)C1.Cl. The average Bonchev–Trinajstić information content (AvgIpc) is 2.75. The largest absolute Gasteiger partial charge is 0.311 e. The smallest absolute Gasteiger partial charge is 0.00729 e. The van der Waals surface area contributed by atoms with E-state index in [0.717, 1.165) is 23.9 Å². The molecule has 3 aliphatic rings. The number of fused-ring (bicyclic) bond motifs is 2. The summed E-state index contributed by atoms with van der Waals surface area (Å²) < 4.78 is 0. The Balaban J connectivity index is 0.000000750. The van der Waals surface area contributed by atoms with Gasteiger partial charge in [-0.25, -0.2) is 0 Å². The summed E-state index contributed by atoms with van der Waals surface area (Å²) in [5, 5.41) is 3.74. The zero-order valence-electron chi connectivity index (χ0n) is 8.87. The molecule has 2 heteroatoms. The molecule has 2 bridgehead atoms. The second-order valence-corrected chi connectivity index (χ2v) is 5.41. The first-order valence-electron chi connectivity index (χ1n) is 6.18. The van der Waals surface area contributed by atoms with Gasteiger partial charge in [0.05, 0.1) is 0 Å². The maximum atomic E-state index is 3.74. The zero-order chi connectivity index (χ0) is 8.67. The molecule has 0 spiro atoms. The van der Waals surface area contributed by atoms with Crippen LogP contribution >= 0.6 is 12.4 Å². The van der Waals surface area contributed by atoms with Crippen molar-refractivity contribution in [2.75, 3.05) is 0 Å². The summed E-state index contributed by atoms with van der Waals surface area (Å²) in [5.74, 6) is 2.21. The maximum Gasteiger partial charge on any atom is 0.00729 e. The van der Waals surface area contributed by atoms with Gasteiger partial charge in [0.25, 0.3) is 0 Å². The van der Waals surface area contributed by atoms with Crippen LogP contribution in [-0.2, 0) is 0 Å². The fourth-order valence-corrected chi connectivity index (χ4v) is 3.91. The highest BCUT2D eigenvalue weighted by Gasteiger charge is 2.37. The van der Waals surface area contributed by atoms with Crippen LogP contribution in [0.15, 0.2) is 0 Å². The van der Waals surface area contributed by atoms with Crippen molar-refractivity contribution in [1.29, 1.82) is 0 Å². The highest BCUT2D eigenvalue weighted by atomic mass is 35.5. The van der Waals surface area contributed by atoms with Crippen molar-refractivity contribution < 1.29 is 0 Å². The third-order valence-electron chi connectivity index (χ3n) is 4.58. The third kappa shape index (κ3) is 1.94. The quantitative estimate of drug-likeness (QED) is 0.709. The average molecular weight is 216 g/mol. The maximum absolute atomic E-state index is 3.74. The number of hydrogen-bond acceptors (Lipinski definition) is 1. The van der Waals surface area contributed by atoms with Gasteiger partial charge in [0.15, 0.2) is 0 Å². The summed E-state index contributed by atoms with van der Waals surface area (Å²) in [4.78, 5) is 0. The number of hydrogen-bond donors (Lipinski definition) is 1. The van der Waals surface area contributed by atoms with Crippen molar-refractivity contribution in [3.63, 3.8) is 0 Å². The topological polar surface area (TPSA) is 12.0 Å². The molecule has 2 aliphatic heterocycles. The van der Waals surface area contributed by atoms with Crippen LogP contribution in [0.3, 0.4) is 0 Å². The van der Waals surface area contributed by atoms with E-state index < -0.39 is 0 Å². The molecule has 1 nitrogen and oxygen atoms in total. The minimum Gasteiger partial charge on any atom is -0.311 e. The van der Waals surface area contributed by atoms with Crippen molar-refractivity contribution >= 4 is 12.4 Å². The normalized spacial score (nSPS) is 42.4. The minimum atomic E-state index is 0. The van der Waals surface area contributed by atoms with Gasteiger partial charge in [-0.15, -0.1) is 12.4 Å². The number of rotatable bonds is 1. The third-order valence-corrected chi connectivity index (χ3v) is 4.58. The van der Waals surface area contributed by atoms with E-state index in [2.05, 4.69) is 5.32 Å². The lowest BCUT2D eigenvalue weighted by atomic mass is 9.81. The first-order chi connectivity index (χ1) is 6.42. The van der Waals surface area contributed by atoms with Gasteiger partial charge in [-0.2, -0.15) is 0 Å². The monoisotopic (exact) mass is 215 g/mol. The summed E-state index contributed by atoms with van der Waals surface area (Å²) in [6.45, 7) is 0. The molecule has 2 saturated heterocycles. The van der Waals surface area contributed by atoms with Crippen molar-refractivity contribution in [3.05, 3.63) is 0 Å². The van der Waals surface area contributed by atoms with E-state index in [1.54, 1.807) is 12.8 Å². The Bertz CT molecular complexity index is 177. The summed E-state index contributed by atoms with van der Waals surface area (Å²) in [6, 6.07) is 1.81. The van der Waals surface area contributed by atoms with Crippen molar-refractivity contribution in [3.8, 4) is 0 Å². The van der Waals surface area contributed by atoms with E-state index in [0.29, 0.717) is 0 Å². The van der Waals surface area contributed by atoms with Gasteiger partial charge in [0.2, 0.25) is 0 Å². The summed E-state index contributed by atoms with van der Waals surface area (Å²) in [6.07, 6.45) is 12.1. The van der Waals surface area contributed by atoms with Crippen LogP contribution < -0.4 is 5.32 Å². The predicted octanol–water partition coefficient (Wildman–Crippen LogP) is 3.13. The molecule has 2 heterocycles. The van der Waals surface area contributed by atoms with E-state index in [1.807, 2.05) is 0 Å². The molecule has 0 radical (unpaired) electrons. The van der Waals surface area contributed by atoms with Gasteiger partial charge in [0, 0.05) is 12.1 Å². The van der Waals surface area contributed by atoms with E-state index in [1.165, 1.54) is 38.5 Å². The molecule has 82 valence electrons. The van der Waals surface area contributed by atoms with Crippen molar-refractivity contribution in [2.45, 2.75) is 63.5 Å². The predicted molar refractivity (Wildman–Crippen MR) is 61.9 cm³/mol. The summed E-state index contributed by atoms with van der Waals surface area (Å²) >= 11 is 0. The molecule has 14 heavy (non-hydrogen) atoms. The molecule has 0 aromatic heterocycles. The molecular weight excluding hydrogens is 194 g/mol. The van der Waals surface area contributed by atoms with Gasteiger partial charge >= 0.3 is 0 Å². The summed E-state index contributed by atoms with van der Waals surface area (Å²) in [7, 11) is 0. The molecule has 1 aliphatic carbocycles. The highest BCUT2D eigenvalue weighted by molar-refractivity contribution is 5.85. The lowest BCUT2D eigenvalue weighted by molar-refractivity contribution is 0.219. The Morgan fingerprint density at radius 3 is 1.86 bits per heavy atom. The Morgan fingerprint density at radius 2 is 1.29 bits per heavy atom. The molecule has 2 unspecified atom stereocenters. The lowest BCUT2D eigenvalue weighted by Crippen LogP contribution is -2.39. The fraction of sp³-hybridized carbons (Fsp3) is 1.00. The van der Waals surface area contributed by atoms with Crippen LogP contribution in [-0.4, -0.2) is 12.1 Å². The number of piperidine rings is 1. The molecule has 3 fully saturated rings. The second kappa shape index (κ2) is 4.40. The van der Waals surface area contributed by atoms with Crippen LogP contribution in [0.5, 0.6) is 0 Å². The van der Waals surface area contributed by atoms with Crippen LogP contribution in [0.2, 0.25) is 0 Å². The van der Waals surface area contributed by atoms with Gasteiger partial charge in [-0.3, -0.25) is 0 Å². The van der Waals surface area contributed by atoms with Gasteiger partial charge in [0.1, 0.15) is 0 Å². The number of nitrogens with one attached hydrogen (secondary N) is 1. The highest BCUT2D eigenvalue weighted by Crippen LogP contribution is 2.41. The molecule has 0 amide bonds. The molecule has 1 N–H and O–H groups in total. The van der Waals surface area contributed by atoms with E-state index in [4.69, 9.17) is 0 Å². The Labute approximate surface area is 93.4 Å². The number of halogens is 1. The lowest BCUT2D eigenvalue weighted by Gasteiger charge is -2.33. The van der Waals surface area contributed by atoms with E-state index in [9.17, 15) is 0 Å². The molecule has 1 saturated carbocycles. The Kier molecular flexibility index (Phi) is 3.38. The van der Waals surface area contributed by atoms with Gasteiger partial charge < -0.3 is 5.32 Å². The molecule has 2 atom stereocenters. The standard InChI is InChI=1S/C12H21N.ClH/c1-2-4-9(3-1)10-7-11-5-6-12(8-10)13-11;/h9-13H,1-8H2;1H. The molecule has 0 aromatic carbocycles. The van der Waals surface area contributed by atoms with Crippen molar-refractivity contribution in [1.82, 2.24) is 5.32 Å². The first kappa shape index (κ1) is 10.8. The van der Waals surface area contributed by atoms with E-state index >= 15 is 0 Å². The van der Waals surface area contributed by atoms with Crippen LogP contribution in [0.1, 0.15) is 51.4 Å². The Morgan fingerprint density at radius 1 is 0.714 bits per heavy atom.